The van der Waals surface area contributed by atoms with E-state index in [2.05, 4.69) is 5.32 Å². The van der Waals surface area contributed by atoms with Gasteiger partial charge < -0.3 is 16.2 Å². The number of rotatable bonds is 3. The van der Waals surface area contributed by atoms with E-state index in [0.717, 1.165) is 19.3 Å². The van der Waals surface area contributed by atoms with Crippen LogP contribution in [0.5, 0.6) is 0 Å². The molecular weight excluding hydrogens is 196 g/mol. The van der Waals surface area contributed by atoms with E-state index in [4.69, 9.17) is 10.8 Å². The van der Waals surface area contributed by atoms with Gasteiger partial charge >= 0.3 is 5.97 Å². The number of carboxylic acid groups (broad SMARTS) is 1. The highest BCUT2D eigenvalue weighted by atomic mass is 16.4. The molecule has 2 saturated carbocycles. The first-order valence-corrected chi connectivity index (χ1v) is 5.34. The van der Waals surface area contributed by atoms with Gasteiger partial charge in [-0.3, -0.25) is 9.59 Å². The summed E-state index contributed by atoms with van der Waals surface area (Å²) in [6.07, 6.45) is 3.43. The van der Waals surface area contributed by atoms with Crippen molar-refractivity contribution in [1.82, 2.24) is 5.32 Å². The molecule has 15 heavy (non-hydrogen) atoms. The van der Waals surface area contributed by atoms with E-state index in [-0.39, 0.29) is 17.9 Å². The van der Waals surface area contributed by atoms with Crippen LogP contribution in [0.1, 0.15) is 32.1 Å². The maximum absolute atomic E-state index is 11.6. The first-order valence-electron chi connectivity index (χ1n) is 5.34. The molecule has 2 aliphatic carbocycles. The highest BCUT2D eigenvalue weighted by Crippen LogP contribution is 2.33. The summed E-state index contributed by atoms with van der Waals surface area (Å²) in [5.41, 5.74) is 5.08. The van der Waals surface area contributed by atoms with Gasteiger partial charge in [0.1, 0.15) is 0 Å². The van der Waals surface area contributed by atoms with Crippen LogP contribution in [0.2, 0.25) is 0 Å². The third kappa shape index (κ3) is 2.12. The Bertz CT molecular complexity index is 299. The maximum Gasteiger partial charge on any atom is 0.306 e. The fourth-order valence-electron chi connectivity index (χ4n) is 2.03. The number of hydrogen-bond acceptors (Lipinski definition) is 3. The van der Waals surface area contributed by atoms with Crippen LogP contribution < -0.4 is 11.1 Å². The number of carbonyl (C=O) groups excluding carboxylic acids is 1. The third-order valence-electron chi connectivity index (χ3n) is 3.36. The van der Waals surface area contributed by atoms with E-state index in [0.29, 0.717) is 12.8 Å². The topological polar surface area (TPSA) is 92.4 Å². The van der Waals surface area contributed by atoms with Crippen molar-refractivity contribution in [2.75, 3.05) is 0 Å². The molecule has 5 nitrogen and oxygen atoms in total. The number of carbonyl (C=O) groups is 2. The van der Waals surface area contributed by atoms with Gasteiger partial charge in [0.2, 0.25) is 5.91 Å². The van der Waals surface area contributed by atoms with Crippen molar-refractivity contribution in [3.63, 3.8) is 0 Å². The molecule has 0 aliphatic heterocycles. The van der Waals surface area contributed by atoms with E-state index < -0.39 is 11.5 Å². The van der Waals surface area contributed by atoms with Crippen LogP contribution in [0, 0.1) is 5.92 Å². The molecule has 5 heteroatoms. The molecule has 0 saturated heterocycles. The molecule has 2 unspecified atom stereocenters. The van der Waals surface area contributed by atoms with Crippen LogP contribution in [0.15, 0.2) is 0 Å². The molecule has 84 valence electrons. The van der Waals surface area contributed by atoms with Gasteiger partial charge in [-0.05, 0) is 32.1 Å². The molecule has 0 aromatic carbocycles. The van der Waals surface area contributed by atoms with E-state index in [1.54, 1.807) is 0 Å². The molecular formula is C10H16N2O3. The summed E-state index contributed by atoms with van der Waals surface area (Å²) in [7, 11) is 0. The molecule has 0 aromatic rings. The summed E-state index contributed by atoms with van der Waals surface area (Å²) in [5.74, 6) is -1.18. The van der Waals surface area contributed by atoms with Gasteiger partial charge in [-0.2, -0.15) is 0 Å². The predicted octanol–water partition coefficient (Wildman–Crippen LogP) is -0.153. The molecule has 4 N–H and O–H groups in total. The molecule has 0 radical (unpaired) electrons. The second-order valence-corrected chi connectivity index (χ2v) is 4.67. The molecule has 2 atom stereocenters. The molecule has 1 amide bonds. The first kappa shape index (κ1) is 10.4. The van der Waals surface area contributed by atoms with Gasteiger partial charge in [-0.1, -0.05) is 0 Å². The average molecular weight is 212 g/mol. The minimum atomic E-state index is -0.763. The van der Waals surface area contributed by atoms with E-state index in [9.17, 15) is 9.59 Å². The Morgan fingerprint density at radius 2 is 2.00 bits per heavy atom. The number of hydrogen-bond donors (Lipinski definition) is 3. The van der Waals surface area contributed by atoms with Crippen LogP contribution in [0.4, 0.5) is 0 Å². The van der Waals surface area contributed by atoms with Gasteiger partial charge in [0.05, 0.1) is 11.5 Å². The molecule has 0 heterocycles. The lowest BCUT2D eigenvalue weighted by molar-refractivity contribution is -0.141. The second-order valence-electron chi connectivity index (χ2n) is 4.67. The van der Waals surface area contributed by atoms with Gasteiger partial charge in [0.15, 0.2) is 0 Å². The molecule has 2 rings (SSSR count). The van der Waals surface area contributed by atoms with Gasteiger partial charge in [-0.15, -0.1) is 0 Å². The standard InChI is InChI=1S/C10H16N2O3/c11-10(3-4-10)9(15)12-7-2-1-6(5-7)8(13)14/h6-7H,1-5,11H2,(H,12,15)(H,13,14). The lowest BCUT2D eigenvalue weighted by Crippen LogP contribution is -2.46. The summed E-state index contributed by atoms with van der Waals surface area (Å²) in [6, 6.07) is -0.000347. The van der Waals surface area contributed by atoms with Crippen molar-refractivity contribution in [2.24, 2.45) is 11.7 Å². The molecule has 2 aliphatic rings. The summed E-state index contributed by atoms with van der Waals surface area (Å²) in [4.78, 5) is 22.3. The summed E-state index contributed by atoms with van der Waals surface area (Å²) in [6.45, 7) is 0. The number of nitrogens with one attached hydrogen (secondary N) is 1. The summed E-state index contributed by atoms with van der Waals surface area (Å²) in [5, 5.41) is 11.6. The quantitative estimate of drug-likeness (QED) is 0.606. The van der Waals surface area contributed by atoms with E-state index >= 15 is 0 Å². The second kappa shape index (κ2) is 3.48. The van der Waals surface area contributed by atoms with Gasteiger partial charge in [0.25, 0.3) is 0 Å². The first-order chi connectivity index (χ1) is 7.01. The van der Waals surface area contributed by atoms with Crippen LogP contribution in [0.3, 0.4) is 0 Å². The Labute approximate surface area is 88.0 Å². The van der Waals surface area contributed by atoms with Crippen molar-refractivity contribution < 1.29 is 14.7 Å². The Hall–Kier alpha value is -1.10. The summed E-state index contributed by atoms with van der Waals surface area (Å²) >= 11 is 0. The van der Waals surface area contributed by atoms with Crippen molar-refractivity contribution in [3.05, 3.63) is 0 Å². The zero-order chi connectivity index (χ0) is 11.1. The van der Waals surface area contributed by atoms with E-state index in [1.807, 2.05) is 0 Å². The van der Waals surface area contributed by atoms with Crippen LogP contribution in [0.25, 0.3) is 0 Å². The zero-order valence-electron chi connectivity index (χ0n) is 8.53. The highest BCUT2D eigenvalue weighted by Gasteiger charge is 2.47. The predicted molar refractivity (Wildman–Crippen MR) is 53.1 cm³/mol. The van der Waals surface area contributed by atoms with Crippen molar-refractivity contribution in [2.45, 2.75) is 43.7 Å². The third-order valence-corrected chi connectivity index (χ3v) is 3.36. The molecule has 0 aromatic heterocycles. The number of nitrogens with two attached hydrogens (primary N) is 1. The number of amides is 1. The Kier molecular flexibility index (Phi) is 2.42. The average Bonchev–Trinajstić information content (AvgIpc) is 2.76. The van der Waals surface area contributed by atoms with Crippen LogP contribution in [-0.2, 0) is 9.59 Å². The lowest BCUT2D eigenvalue weighted by atomic mass is 10.1. The SMILES string of the molecule is NC1(C(=O)NC2CCC(C(=O)O)C2)CC1. The Balaban J connectivity index is 1.82. The Morgan fingerprint density at radius 3 is 2.47 bits per heavy atom. The fraction of sp³-hybridized carbons (Fsp3) is 0.800. The van der Waals surface area contributed by atoms with Crippen LogP contribution >= 0.6 is 0 Å². The maximum atomic E-state index is 11.6. The smallest absolute Gasteiger partial charge is 0.306 e. The molecule has 2 fully saturated rings. The molecule has 0 bridgehead atoms. The van der Waals surface area contributed by atoms with Crippen molar-refractivity contribution in [1.29, 1.82) is 0 Å². The van der Waals surface area contributed by atoms with Gasteiger partial charge in [-0.25, -0.2) is 0 Å². The monoisotopic (exact) mass is 212 g/mol. The highest BCUT2D eigenvalue weighted by molar-refractivity contribution is 5.89. The molecule has 0 spiro atoms. The minimum Gasteiger partial charge on any atom is -0.481 e. The van der Waals surface area contributed by atoms with Crippen LogP contribution in [-0.4, -0.2) is 28.6 Å². The largest absolute Gasteiger partial charge is 0.481 e. The van der Waals surface area contributed by atoms with Gasteiger partial charge in [0, 0.05) is 6.04 Å². The summed E-state index contributed by atoms with van der Waals surface area (Å²) < 4.78 is 0. The van der Waals surface area contributed by atoms with Crippen molar-refractivity contribution in [3.8, 4) is 0 Å². The van der Waals surface area contributed by atoms with Crippen molar-refractivity contribution >= 4 is 11.9 Å². The lowest BCUT2D eigenvalue weighted by Gasteiger charge is -2.15. The minimum absolute atomic E-state index is 0.000347. The fourth-order valence-corrected chi connectivity index (χ4v) is 2.03. The number of aliphatic carboxylic acids is 1. The Morgan fingerprint density at radius 1 is 1.33 bits per heavy atom. The number of carboxylic acids is 1. The van der Waals surface area contributed by atoms with E-state index in [1.165, 1.54) is 0 Å². The normalized spacial score (nSPS) is 32.3. The zero-order valence-corrected chi connectivity index (χ0v) is 8.53.